The lowest BCUT2D eigenvalue weighted by molar-refractivity contribution is 0.862. The molecule has 0 aliphatic carbocycles. The van der Waals surface area contributed by atoms with Gasteiger partial charge in [0.25, 0.3) is 0 Å². The van der Waals surface area contributed by atoms with Crippen LogP contribution in [0.2, 0.25) is 0 Å². The predicted octanol–water partition coefficient (Wildman–Crippen LogP) is 3.75. The van der Waals surface area contributed by atoms with Crippen LogP contribution in [-0.4, -0.2) is 4.98 Å². The molecule has 2 rings (SSSR count). The maximum absolute atomic E-state index is 3.36. The van der Waals surface area contributed by atoms with Crippen LogP contribution in [0.15, 0.2) is 42.6 Å². The lowest BCUT2D eigenvalue weighted by atomic mass is 10.0. The molecule has 0 unspecified atom stereocenters. The van der Waals surface area contributed by atoms with E-state index in [0.717, 1.165) is 12.8 Å². The predicted molar refractivity (Wildman–Crippen MR) is 68.6 cm³/mol. The van der Waals surface area contributed by atoms with E-state index >= 15 is 0 Å². The first-order valence-corrected chi connectivity index (χ1v) is 6.09. The summed E-state index contributed by atoms with van der Waals surface area (Å²) < 4.78 is 0. The molecule has 0 spiro atoms. The lowest BCUT2D eigenvalue weighted by Gasteiger charge is -2.03. The van der Waals surface area contributed by atoms with E-state index in [4.69, 9.17) is 0 Å². The number of benzene rings is 1. The summed E-state index contributed by atoms with van der Waals surface area (Å²) in [6.45, 7) is 2.23. The summed E-state index contributed by atoms with van der Waals surface area (Å²) in [5.41, 5.74) is 4.31. The molecule has 1 N–H and O–H groups in total. The van der Waals surface area contributed by atoms with Gasteiger partial charge in [0.2, 0.25) is 0 Å². The molecular formula is C15H19N. The number of H-pyrrole nitrogens is 1. The first kappa shape index (κ1) is 11.0. The number of nitrogens with one attached hydrogen (secondary N) is 1. The fraction of sp³-hybridized carbons (Fsp3) is 0.333. The average Bonchev–Trinajstić information content (AvgIpc) is 2.76. The monoisotopic (exact) mass is 213 g/mol. The Morgan fingerprint density at radius 3 is 2.50 bits per heavy atom. The molecule has 16 heavy (non-hydrogen) atoms. The van der Waals surface area contributed by atoms with Crippen LogP contribution in [0, 0.1) is 0 Å². The highest BCUT2D eigenvalue weighted by Gasteiger charge is 2.02. The molecule has 0 saturated carbocycles. The normalized spacial score (nSPS) is 10.6. The zero-order valence-electron chi connectivity index (χ0n) is 9.87. The van der Waals surface area contributed by atoms with Crippen LogP contribution in [0.25, 0.3) is 0 Å². The lowest BCUT2D eigenvalue weighted by Crippen LogP contribution is -1.95. The third-order valence-electron chi connectivity index (χ3n) is 2.96. The highest BCUT2D eigenvalue weighted by Crippen LogP contribution is 2.12. The molecule has 84 valence electrons. The van der Waals surface area contributed by atoms with Gasteiger partial charge in [-0.3, -0.25) is 0 Å². The summed E-state index contributed by atoms with van der Waals surface area (Å²) in [4.78, 5) is 3.36. The summed E-state index contributed by atoms with van der Waals surface area (Å²) in [7, 11) is 0. The Labute approximate surface area is 97.5 Å². The summed E-state index contributed by atoms with van der Waals surface area (Å²) in [5, 5.41) is 0. The number of aromatic amines is 1. The third-order valence-corrected chi connectivity index (χ3v) is 2.96. The minimum atomic E-state index is 1.12. The highest BCUT2D eigenvalue weighted by molar-refractivity contribution is 5.23. The van der Waals surface area contributed by atoms with E-state index < -0.39 is 0 Å². The van der Waals surface area contributed by atoms with E-state index in [9.17, 15) is 0 Å². The molecule has 0 aliphatic rings. The summed E-state index contributed by atoms with van der Waals surface area (Å²) >= 11 is 0. The van der Waals surface area contributed by atoms with Crippen molar-refractivity contribution in [1.29, 1.82) is 0 Å². The molecule has 1 aromatic heterocycles. The number of aromatic nitrogens is 1. The van der Waals surface area contributed by atoms with Crippen molar-refractivity contribution in [3.63, 3.8) is 0 Å². The Bertz CT molecular complexity index is 414. The Morgan fingerprint density at radius 2 is 1.75 bits per heavy atom. The van der Waals surface area contributed by atoms with Gasteiger partial charge in [-0.2, -0.15) is 0 Å². The SMILES string of the molecule is CCCc1cc[nH]c1CCc1ccccc1. The molecule has 0 radical (unpaired) electrons. The summed E-state index contributed by atoms with van der Waals surface area (Å²) in [6.07, 6.45) is 6.71. The van der Waals surface area contributed by atoms with Gasteiger partial charge in [0.05, 0.1) is 0 Å². The molecule has 1 aromatic carbocycles. The Hall–Kier alpha value is -1.50. The smallest absolute Gasteiger partial charge is 0.0182 e. The topological polar surface area (TPSA) is 15.8 Å². The van der Waals surface area contributed by atoms with Crippen LogP contribution in [0.4, 0.5) is 0 Å². The Balaban J connectivity index is 1.97. The fourth-order valence-electron chi connectivity index (χ4n) is 2.09. The zero-order valence-corrected chi connectivity index (χ0v) is 9.87. The van der Waals surface area contributed by atoms with Crippen molar-refractivity contribution in [2.24, 2.45) is 0 Å². The van der Waals surface area contributed by atoms with E-state index in [0.29, 0.717) is 0 Å². The first-order chi connectivity index (χ1) is 7.90. The van der Waals surface area contributed by atoms with Gasteiger partial charge < -0.3 is 4.98 Å². The second-order valence-electron chi connectivity index (χ2n) is 4.22. The van der Waals surface area contributed by atoms with Gasteiger partial charge in [-0.25, -0.2) is 0 Å². The minimum absolute atomic E-state index is 1.12. The van der Waals surface area contributed by atoms with Crippen molar-refractivity contribution >= 4 is 0 Å². The van der Waals surface area contributed by atoms with Crippen LogP contribution in [0.1, 0.15) is 30.2 Å². The molecule has 1 heterocycles. The zero-order chi connectivity index (χ0) is 11.2. The quantitative estimate of drug-likeness (QED) is 0.778. The minimum Gasteiger partial charge on any atom is -0.365 e. The van der Waals surface area contributed by atoms with Crippen molar-refractivity contribution in [2.45, 2.75) is 32.6 Å². The number of rotatable bonds is 5. The molecule has 0 fully saturated rings. The maximum atomic E-state index is 3.36. The van der Waals surface area contributed by atoms with Crippen LogP contribution < -0.4 is 0 Å². The van der Waals surface area contributed by atoms with Crippen LogP contribution in [-0.2, 0) is 19.3 Å². The van der Waals surface area contributed by atoms with E-state index in [1.807, 2.05) is 0 Å². The second kappa shape index (κ2) is 5.55. The Morgan fingerprint density at radius 1 is 0.938 bits per heavy atom. The molecule has 0 bridgehead atoms. The van der Waals surface area contributed by atoms with Crippen LogP contribution >= 0.6 is 0 Å². The van der Waals surface area contributed by atoms with Crippen LogP contribution in [0.3, 0.4) is 0 Å². The number of hydrogen-bond donors (Lipinski definition) is 1. The van der Waals surface area contributed by atoms with Crippen molar-refractivity contribution < 1.29 is 0 Å². The summed E-state index contributed by atoms with van der Waals surface area (Å²) in [6, 6.07) is 12.9. The standard InChI is InChI=1S/C15H19N/c1-2-6-14-11-12-16-15(14)10-9-13-7-4-3-5-8-13/h3-5,7-8,11-12,16H,2,6,9-10H2,1H3. The highest BCUT2D eigenvalue weighted by atomic mass is 14.7. The molecular weight excluding hydrogens is 194 g/mol. The molecule has 0 saturated heterocycles. The maximum Gasteiger partial charge on any atom is 0.0182 e. The van der Waals surface area contributed by atoms with Gasteiger partial charge in [0.1, 0.15) is 0 Å². The van der Waals surface area contributed by atoms with E-state index in [1.165, 1.54) is 29.7 Å². The molecule has 0 amide bonds. The van der Waals surface area contributed by atoms with Crippen molar-refractivity contribution in [3.8, 4) is 0 Å². The van der Waals surface area contributed by atoms with E-state index in [2.05, 4.69) is 54.5 Å². The average molecular weight is 213 g/mol. The Kier molecular flexibility index (Phi) is 3.81. The van der Waals surface area contributed by atoms with Gasteiger partial charge in [0, 0.05) is 11.9 Å². The van der Waals surface area contributed by atoms with Gasteiger partial charge in [-0.15, -0.1) is 0 Å². The molecule has 0 aliphatic heterocycles. The van der Waals surface area contributed by atoms with Gasteiger partial charge in [-0.05, 0) is 36.5 Å². The van der Waals surface area contributed by atoms with Crippen molar-refractivity contribution in [3.05, 3.63) is 59.4 Å². The third kappa shape index (κ3) is 2.75. The fourth-order valence-corrected chi connectivity index (χ4v) is 2.09. The molecule has 1 nitrogen and oxygen atoms in total. The van der Waals surface area contributed by atoms with Gasteiger partial charge >= 0.3 is 0 Å². The number of aryl methyl sites for hydroxylation is 3. The molecule has 2 aromatic rings. The summed E-state index contributed by atoms with van der Waals surface area (Å²) in [5.74, 6) is 0. The van der Waals surface area contributed by atoms with Gasteiger partial charge in [-0.1, -0.05) is 43.7 Å². The van der Waals surface area contributed by atoms with Crippen LogP contribution in [0.5, 0.6) is 0 Å². The van der Waals surface area contributed by atoms with E-state index in [1.54, 1.807) is 0 Å². The van der Waals surface area contributed by atoms with Crippen molar-refractivity contribution in [1.82, 2.24) is 4.98 Å². The first-order valence-electron chi connectivity index (χ1n) is 6.09. The van der Waals surface area contributed by atoms with Crippen molar-refractivity contribution in [2.75, 3.05) is 0 Å². The number of hydrogen-bond acceptors (Lipinski definition) is 0. The second-order valence-corrected chi connectivity index (χ2v) is 4.22. The van der Waals surface area contributed by atoms with Gasteiger partial charge in [0.15, 0.2) is 0 Å². The largest absolute Gasteiger partial charge is 0.365 e. The molecule has 0 atom stereocenters. The molecule has 1 heteroatoms. The van der Waals surface area contributed by atoms with E-state index in [-0.39, 0.29) is 0 Å².